The SMILES string of the molecule is CC(NC(=O)c1ccc(Br)s1)C(=O)Nc1ccc(OC(F)(F)F)cc1. The summed E-state index contributed by atoms with van der Waals surface area (Å²) >= 11 is 4.47. The molecule has 0 radical (unpaired) electrons. The van der Waals surface area contributed by atoms with Crippen LogP contribution in [-0.2, 0) is 4.79 Å². The third-order valence-electron chi connectivity index (χ3n) is 2.89. The van der Waals surface area contributed by atoms with Crippen LogP contribution in [0.4, 0.5) is 18.9 Å². The highest BCUT2D eigenvalue weighted by molar-refractivity contribution is 9.11. The highest BCUT2D eigenvalue weighted by atomic mass is 79.9. The van der Waals surface area contributed by atoms with Crippen molar-refractivity contribution in [1.29, 1.82) is 0 Å². The average Bonchev–Trinajstić information content (AvgIpc) is 2.94. The molecule has 2 N–H and O–H groups in total. The molecule has 2 amide bonds. The van der Waals surface area contributed by atoms with E-state index in [-0.39, 0.29) is 5.69 Å². The van der Waals surface area contributed by atoms with Crippen molar-refractivity contribution in [2.45, 2.75) is 19.3 Å². The molecule has 0 aliphatic carbocycles. The van der Waals surface area contributed by atoms with E-state index in [0.29, 0.717) is 4.88 Å². The summed E-state index contributed by atoms with van der Waals surface area (Å²) < 4.78 is 40.8. The van der Waals surface area contributed by atoms with Crippen molar-refractivity contribution < 1.29 is 27.5 Å². The summed E-state index contributed by atoms with van der Waals surface area (Å²) in [6.07, 6.45) is -4.78. The number of thiophene rings is 1. The molecular formula is C15H12BrF3N2O3S. The van der Waals surface area contributed by atoms with E-state index in [1.165, 1.54) is 30.4 Å². The van der Waals surface area contributed by atoms with Crippen LogP contribution in [0.5, 0.6) is 5.75 Å². The van der Waals surface area contributed by atoms with Crippen molar-refractivity contribution in [2.24, 2.45) is 0 Å². The maximum absolute atomic E-state index is 12.1. The molecule has 1 unspecified atom stereocenters. The first-order chi connectivity index (χ1) is 11.6. The zero-order valence-electron chi connectivity index (χ0n) is 12.7. The van der Waals surface area contributed by atoms with Gasteiger partial charge in [0.2, 0.25) is 5.91 Å². The Morgan fingerprint density at radius 1 is 1.16 bits per heavy atom. The molecule has 0 bridgehead atoms. The first-order valence-corrected chi connectivity index (χ1v) is 8.48. The number of halogens is 4. The molecule has 2 aromatic rings. The molecule has 1 aromatic heterocycles. The van der Waals surface area contributed by atoms with Gasteiger partial charge in [0.25, 0.3) is 5.91 Å². The van der Waals surface area contributed by atoms with Crippen LogP contribution in [0.25, 0.3) is 0 Å². The van der Waals surface area contributed by atoms with Crippen molar-refractivity contribution in [2.75, 3.05) is 5.32 Å². The predicted octanol–water partition coefficient (Wildman–Crippen LogP) is 4.17. The number of anilines is 1. The monoisotopic (exact) mass is 436 g/mol. The van der Waals surface area contributed by atoms with Gasteiger partial charge in [-0.3, -0.25) is 9.59 Å². The number of hydrogen-bond donors (Lipinski definition) is 2. The molecule has 0 saturated carbocycles. The number of ether oxygens (including phenoxy) is 1. The summed E-state index contributed by atoms with van der Waals surface area (Å²) in [7, 11) is 0. The standard InChI is InChI=1S/C15H12BrF3N2O3S/c1-8(20-14(23)11-6-7-12(16)25-11)13(22)21-9-2-4-10(5-3-9)24-15(17,18)19/h2-8H,1H3,(H,20,23)(H,21,22). The molecular weight excluding hydrogens is 425 g/mol. The van der Waals surface area contributed by atoms with Crippen LogP contribution in [0.1, 0.15) is 16.6 Å². The van der Waals surface area contributed by atoms with Crippen molar-refractivity contribution in [1.82, 2.24) is 5.32 Å². The second kappa shape index (κ2) is 7.87. The van der Waals surface area contributed by atoms with Gasteiger partial charge in [0.05, 0.1) is 8.66 Å². The fourth-order valence-electron chi connectivity index (χ4n) is 1.76. The van der Waals surface area contributed by atoms with Crippen LogP contribution in [0.2, 0.25) is 0 Å². The van der Waals surface area contributed by atoms with E-state index in [2.05, 4.69) is 31.3 Å². The lowest BCUT2D eigenvalue weighted by atomic mass is 10.2. The molecule has 0 aliphatic rings. The van der Waals surface area contributed by atoms with Crippen LogP contribution in [0, 0.1) is 0 Å². The smallest absolute Gasteiger partial charge is 0.406 e. The van der Waals surface area contributed by atoms with Crippen LogP contribution in [-0.4, -0.2) is 24.2 Å². The van der Waals surface area contributed by atoms with Crippen molar-refractivity contribution >= 4 is 44.8 Å². The fourth-order valence-corrected chi connectivity index (χ4v) is 3.05. The van der Waals surface area contributed by atoms with Gasteiger partial charge in [0.15, 0.2) is 0 Å². The fraction of sp³-hybridized carbons (Fsp3) is 0.200. The molecule has 0 aliphatic heterocycles. The Morgan fingerprint density at radius 3 is 2.32 bits per heavy atom. The van der Waals surface area contributed by atoms with Crippen molar-refractivity contribution in [3.05, 3.63) is 45.1 Å². The first-order valence-electron chi connectivity index (χ1n) is 6.87. The molecule has 0 spiro atoms. The maximum Gasteiger partial charge on any atom is 0.573 e. The van der Waals surface area contributed by atoms with Crippen molar-refractivity contribution in [3.8, 4) is 5.75 Å². The van der Waals surface area contributed by atoms with E-state index in [1.807, 2.05) is 0 Å². The van der Waals surface area contributed by atoms with E-state index in [0.717, 1.165) is 15.9 Å². The number of amides is 2. The van der Waals surface area contributed by atoms with Crippen LogP contribution in [0.15, 0.2) is 40.2 Å². The van der Waals surface area contributed by atoms with E-state index in [1.54, 1.807) is 12.1 Å². The van der Waals surface area contributed by atoms with Gasteiger partial charge < -0.3 is 15.4 Å². The Bertz CT molecular complexity index is 762. The van der Waals surface area contributed by atoms with Crippen molar-refractivity contribution in [3.63, 3.8) is 0 Å². The Labute approximate surface area is 153 Å². The number of carbonyl (C=O) groups excluding carboxylic acids is 2. The van der Waals surface area contributed by atoms with Crippen LogP contribution in [0.3, 0.4) is 0 Å². The summed E-state index contributed by atoms with van der Waals surface area (Å²) in [5, 5.41) is 5.03. The predicted molar refractivity (Wildman–Crippen MR) is 90.7 cm³/mol. The number of alkyl halides is 3. The normalized spacial score (nSPS) is 12.4. The second-order valence-corrected chi connectivity index (χ2v) is 7.32. The topological polar surface area (TPSA) is 67.4 Å². The zero-order chi connectivity index (χ0) is 18.6. The highest BCUT2D eigenvalue weighted by Crippen LogP contribution is 2.24. The molecule has 0 saturated heterocycles. The Balaban J connectivity index is 1.91. The summed E-state index contributed by atoms with van der Waals surface area (Å²) in [6.45, 7) is 1.50. The van der Waals surface area contributed by atoms with E-state index in [9.17, 15) is 22.8 Å². The average molecular weight is 437 g/mol. The molecule has 0 fully saturated rings. The summed E-state index contributed by atoms with van der Waals surface area (Å²) in [5.74, 6) is -1.30. The number of hydrogen-bond acceptors (Lipinski definition) is 4. The lowest BCUT2D eigenvalue weighted by Gasteiger charge is -2.14. The van der Waals surface area contributed by atoms with Gasteiger partial charge in [-0.1, -0.05) is 0 Å². The Morgan fingerprint density at radius 2 is 1.80 bits per heavy atom. The minimum absolute atomic E-state index is 0.277. The van der Waals surface area contributed by atoms with E-state index < -0.39 is 30.0 Å². The van der Waals surface area contributed by atoms with Crippen LogP contribution >= 0.6 is 27.3 Å². The van der Waals surface area contributed by atoms with Gasteiger partial charge >= 0.3 is 6.36 Å². The van der Waals surface area contributed by atoms with Gasteiger partial charge in [-0.15, -0.1) is 24.5 Å². The summed E-state index contributed by atoms with van der Waals surface area (Å²) in [4.78, 5) is 24.5. The maximum atomic E-state index is 12.1. The molecule has 1 atom stereocenters. The number of nitrogens with one attached hydrogen (secondary N) is 2. The number of rotatable bonds is 5. The third-order valence-corrected chi connectivity index (χ3v) is 4.52. The number of carbonyl (C=O) groups is 2. The lowest BCUT2D eigenvalue weighted by molar-refractivity contribution is -0.274. The molecule has 134 valence electrons. The molecule has 2 rings (SSSR count). The first kappa shape index (κ1) is 19.3. The third kappa shape index (κ3) is 6.05. The highest BCUT2D eigenvalue weighted by Gasteiger charge is 2.31. The van der Waals surface area contributed by atoms with Gasteiger partial charge in [-0.05, 0) is 59.3 Å². The van der Waals surface area contributed by atoms with E-state index in [4.69, 9.17) is 0 Å². The van der Waals surface area contributed by atoms with Gasteiger partial charge in [-0.25, -0.2) is 0 Å². The molecule has 1 aromatic carbocycles. The Kier molecular flexibility index (Phi) is 6.07. The lowest BCUT2D eigenvalue weighted by Crippen LogP contribution is -2.41. The zero-order valence-corrected chi connectivity index (χ0v) is 15.1. The molecule has 1 heterocycles. The second-order valence-electron chi connectivity index (χ2n) is 4.86. The molecule has 25 heavy (non-hydrogen) atoms. The van der Waals surface area contributed by atoms with Crippen LogP contribution < -0.4 is 15.4 Å². The Hall–Kier alpha value is -2.07. The molecule has 10 heteroatoms. The van der Waals surface area contributed by atoms with Gasteiger partial charge in [-0.2, -0.15) is 0 Å². The quantitative estimate of drug-likeness (QED) is 0.738. The largest absolute Gasteiger partial charge is 0.573 e. The van der Waals surface area contributed by atoms with Gasteiger partial charge in [0.1, 0.15) is 11.8 Å². The minimum Gasteiger partial charge on any atom is -0.406 e. The summed E-state index contributed by atoms with van der Waals surface area (Å²) in [5.41, 5.74) is 0.277. The minimum atomic E-state index is -4.78. The van der Waals surface area contributed by atoms with E-state index >= 15 is 0 Å². The molecule has 5 nitrogen and oxygen atoms in total. The summed E-state index contributed by atoms with van der Waals surface area (Å²) in [6, 6.07) is 7.20. The number of benzene rings is 1. The van der Waals surface area contributed by atoms with Gasteiger partial charge in [0, 0.05) is 5.69 Å².